The highest BCUT2D eigenvalue weighted by Crippen LogP contribution is 2.24. The van der Waals surface area contributed by atoms with Crippen LogP contribution in [0.2, 0.25) is 0 Å². The van der Waals surface area contributed by atoms with Crippen LogP contribution in [0, 0.1) is 17.0 Å². The molecule has 0 saturated heterocycles. The number of aryl methyl sites for hydroxylation is 2. The van der Waals surface area contributed by atoms with E-state index in [1.54, 1.807) is 13.0 Å². The molecule has 0 amide bonds. The van der Waals surface area contributed by atoms with E-state index in [1.807, 2.05) is 12.1 Å². The van der Waals surface area contributed by atoms with E-state index in [-0.39, 0.29) is 10.6 Å². The fraction of sp³-hybridized carbons (Fsp3) is 0.400. The van der Waals surface area contributed by atoms with Crippen molar-refractivity contribution in [1.82, 2.24) is 0 Å². The molecule has 0 aliphatic rings. The Kier molecular flexibility index (Phi) is 3.95. The number of hydrogen-bond acceptors (Lipinski definition) is 3. The van der Waals surface area contributed by atoms with Crippen molar-refractivity contribution in [3.63, 3.8) is 0 Å². The molecule has 4 heteroatoms. The molecule has 0 spiro atoms. The van der Waals surface area contributed by atoms with Crippen molar-refractivity contribution in [1.29, 1.82) is 0 Å². The summed E-state index contributed by atoms with van der Waals surface area (Å²) >= 11 is 4.09. The molecule has 1 rings (SSSR count). The number of para-hydroxylation sites is 1. The topological polar surface area (TPSA) is 43.1 Å². The number of thiol groups is 1. The van der Waals surface area contributed by atoms with Gasteiger partial charge in [-0.25, -0.2) is 0 Å². The molecule has 0 fully saturated rings. The smallest absolute Gasteiger partial charge is 0.258 e. The molecule has 0 heterocycles. The van der Waals surface area contributed by atoms with Crippen molar-refractivity contribution < 1.29 is 4.92 Å². The number of hydrogen-bond donors (Lipinski definition) is 1. The minimum Gasteiger partial charge on any atom is -0.258 e. The predicted molar refractivity (Wildman–Crippen MR) is 60.0 cm³/mol. The van der Waals surface area contributed by atoms with Crippen LogP contribution in [0.1, 0.15) is 17.5 Å². The summed E-state index contributed by atoms with van der Waals surface area (Å²) in [4.78, 5) is 10.5. The molecule has 0 N–H and O–H groups in total. The van der Waals surface area contributed by atoms with Crippen LogP contribution in [0.5, 0.6) is 0 Å². The third kappa shape index (κ3) is 2.48. The molecule has 76 valence electrons. The first-order valence-corrected chi connectivity index (χ1v) is 5.14. The minimum absolute atomic E-state index is 0.259. The fourth-order valence-corrected chi connectivity index (χ4v) is 1.61. The van der Waals surface area contributed by atoms with Gasteiger partial charge in [-0.2, -0.15) is 12.6 Å². The largest absolute Gasteiger partial charge is 0.275 e. The van der Waals surface area contributed by atoms with Gasteiger partial charge in [0.2, 0.25) is 0 Å². The average molecular weight is 211 g/mol. The van der Waals surface area contributed by atoms with E-state index in [9.17, 15) is 10.1 Å². The molecule has 0 unspecified atom stereocenters. The molecule has 0 saturated carbocycles. The molecule has 3 nitrogen and oxygen atoms in total. The first kappa shape index (κ1) is 11.0. The quantitative estimate of drug-likeness (QED) is 0.473. The molecule has 0 aromatic heterocycles. The van der Waals surface area contributed by atoms with Crippen molar-refractivity contribution in [2.45, 2.75) is 19.8 Å². The highest BCUT2D eigenvalue weighted by molar-refractivity contribution is 7.80. The summed E-state index contributed by atoms with van der Waals surface area (Å²) in [6, 6.07) is 5.44. The van der Waals surface area contributed by atoms with Crippen LogP contribution in [0.25, 0.3) is 0 Å². The van der Waals surface area contributed by atoms with E-state index in [4.69, 9.17) is 0 Å². The van der Waals surface area contributed by atoms with Gasteiger partial charge in [0.15, 0.2) is 0 Å². The fourth-order valence-electron chi connectivity index (χ4n) is 1.45. The second kappa shape index (κ2) is 5.00. The Labute approximate surface area is 88.7 Å². The van der Waals surface area contributed by atoms with Gasteiger partial charge in [0.1, 0.15) is 0 Å². The molecule has 0 atom stereocenters. The van der Waals surface area contributed by atoms with Crippen molar-refractivity contribution in [3.8, 4) is 0 Å². The molecule has 0 aliphatic heterocycles. The van der Waals surface area contributed by atoms with E-state index in [0.29, 0.717) is 0 Å². The van der Waals surface area contributed by atoms with Crippen molar-refractivity contribution in [3.05, 3.63) is 39.4 Å². The predicted octanol–water partition coefficient (Wildman–Crippen LogP) is 2.77. The van der Waals surface area contributed by atoms with Gasteiger partial charge < -0.3 is 0 Å². The van der Waals surface area contributed by atoms with Gasteiger partial charge in [-0.15, -0.1) is 0 Å². The first-order chi connectivity index (χ1) is 6.66. The maximum Gasteiger partial charge on any atom is 0.275 e. The van der Waals surface area contributed by atoms with Gasteiger partial charge in [0.25, 0.3) is 5.69 Å². The SMILES string of the molecule is Cc1cccc(CCCS)c1[N+](=O)[O-]. The molecular formula is C10H13NO2S. The first-order valence-electron chi connectivity index (χ1n) is 4.50. The lowest BCUT2D eigenvalue weighted by molar-refractivity contribution is -0.386. The molecular weight excluding hydrogens is 198 g/mol. The third-order valence-corrected chi connectivity index (χ3v) is 2.42. The van der Waals surface area contributed by atoms with E-state index in [1.165, 1.54) is 0 Å². The summed E-state index contributed by atoms with van der Waals surface area (Å²) in [5.74, 6) is 0.755. The van der Waals surface area contributed by atoms with Gasteiger partial charge in [-0.3, -0.25) is 10.1 Å². The number of nitro benzene ring substituents is 1. The number of benzene rings is 1. The highest BCUT2D eigenvalue weighted by Gasteiger charge is 2.15. The van der Waals surface area contributed by atoms with Crippen LogP contribution in [0.15, 0.2) is 18.2 Å². The number of nitro groups is 1. The Morgan fingerprint density at radius 3 is 2.79 bits per heavy atom. The van der Waals surface area contributed by atoms with Gasteiger partial charge in [0.05, 0.1) is 4.92 Å². The lowest BCUT2D eigenvalue weighted by Crippen LogP contribution is -1.98. The maximum absolute atomic E-state index is 10.8. The average Bonchev–Trinajstić information content (AvgIpc) is 2.14. The Balaban J connectivity index is 3.02. The van der Waals surface area contributed by atoms with Gasteiger partial charge >= 0.3 is 0 Å². The molecule has 0 bridgehead atoms. The van der Waals surface area contributed by atoms with Crippen LogP contribution < -0.4 is 0 Å². The number of nitrogens with zero attached hydrogens (tertiary/aromatic N) is 1. The number of rotatable bonds is 4. The second-order valence-electron chi connectivity index (χ2n) is 3.17. The molecule has 14 heavy (non-hydrogen) atoms. The van der Waals surface area contributed by atoms with Crippen LogP contribution in [0.3, 0.4) is 0 Å². The zero-order valence-electron chi connectivity index (χ0n) is 8.06. The normalized spacial score (nSPS) is 10.1. The minimum atomic E-state index is -0.302. The van der Waals surface area contributed by atoms with E-state index in [2.05, 4.69) is 12.6 Å². The maximum atomic E-state index is 10.8. The summed E-state index contributed by atoms with van der Waals surface area (Å²) in [5.41, 5.74) is 1.80. The third-order valence-electron chi connectivity index (χ3n) is 2.11. The van der Waals surface area contributed by atoms with E-state index >= 15 is 0 Å². The highest BCUT2D eigenvalue weighted by atomic mass is 32.1. The Hall–Kier alpha value is -1.03. The summed E-state index contributed by atoms with van der Waals surface area (Å²) in [6.07, 6.45) is 1.59. The van der Waals surface area contributed by atoms with E-state index in [0.717, 1.165) is 29.7 Å². The van der Waals surface area contributed by atoms with Crippen molar-refractivity contribution >= 4 is 18.3 Å². The van der Waals surface area contributed by atoms with Crippen LogP contribution in [-0.4, -0.2) is 10.7 Å². The van der Waals surface area contributed by atoms with Crippen LogP contribution in [0.4, 0.5) is 5.69 Å². The van der Waals surface area contributed by atoms with Gasteiger partial charge in [0, 0.05) is 11.1 Å². The second-order valence-corrected chi connectivity index (χ2v) is 3.61. The van der Waals surface area contributed by atoms with Crippen LogP contribution in [-0.2, 0) is 6.42 Å². The monoisotopic (exact) mass is 211 g/mol. The van der Waals surface area contributed by atoms with Gasteiger partial charge in [-0.1, -0.05) is 18.2 Å². The summed E-state index contributed by atoms with van der Waals surface area (Å²) in [6.45, 7) is 1.77. The zero-order valence-corrected chi connectivity index (χ0v) is 8.96. The standard InChI is InChI=1S/C10H13NO2S/c1-8-4-2-5-9(6-3-7-14)10(8)11(12)13/h2,4-5,14H,3,6-7H2,1H3. The Morgan fingerprint density at radius 1 is 1.50 bits per heavy atom. The summed E-state index contributed by atoms with van der Waals surface area (Å²) in [5, 5.41) is 10.8. The van der Waals surface area contributed by atoms with Crippen molar-refractivity contribution in [2.24, 2.45) is 0 Å². The molecule has 1 aromatic rings. The lowest BCUT2D eigenvalue weighted by atomic mass is 10.0. The lowest BCUT2D eigenvalue weighted by Gasteiger charge is -2.03. The summed E-state index contributed by atoms with van der Waals surface area (Å²) < 4.78 is 0. The molecule has 1 aromatic carbocycles. The van der Waals surface area contributed by atoms with Gasteiger partial charge in [-0.05, 0) is 25.5 Å². The van der Waals surface area contributed by atoms with Crippen molar-refractivity contribution in [2.75, 3.05) is 5.75 Å². The van der Waals surface area contributed by atoms with E-state index < -0.39 is 0 Å². The summed E-state index contributed by atoms with van der Waals surface area (Å²) in [7, 11) is 0. The molecule has 0 radical (unpaired) electrons. The Morgan fingerprint density at radius 2 is 2.21 bits per heavy atom. The molecule has 0 aliphatic carbocycles. The Bertz CT molecular complexity index is 339. The zero-order chi connectivity index (χ0) is 10.6. The van der Waals surface area contributed by atoms with Crippen LogP contribution >= 0.6 is 12.6 Å².